The number of anilines is 2. The molecule has 3 rings (SSSR count). The highest BCUT2D eigenvalue weighted by Crippen LogP contribution is 2.46. The second kappa shape index (κ2) is 4.34. The van der Waals surface area contributed by atoms with Gasteiger partial charge in [0.05, 0.1) is 21.5 Å². The highest BCUT2D eigenvalue weighted by molar-refractivity contribution is 6.25. The van der Waals surface area contributed by atoms with Crippen LogP contribution in [0.1, 0.15) is 10.4 Å². The quantitative estimate of drug-likeness (QED) is 0.630. The molecule has 0 N–H and O–H groups in total. The SMILES string of the molecule is O=C1c2cc([N+](=O)[O-])cc([N+](=O)[O-])c2N1c1ccccn1. The minimum Gasteiger partial charge on any atom is -0.268 e. The van der Waals surface area contributed by atoms with Gasteiger partial charge in [-0.05, 0) is 12.1 Å². The molecule has 0 aliphatic carbocycles. The van der Waals surface area contributed by atoms with Crippen molar-refractivity contribution in [1.82, 2.24) is 4.98 Å². The van der Waals surface area contributed by atoms with E-state index < -0.39 is 27.1 Å². The van der Waals surface area contributed by atoms with Crippen molar-refractivity contribution < 1.29 is 14.6 Å². The average Bonchev–Trinajstić information content (AvgIpc) is 2.47. The standard InChI is InChI=1S/C12H6N4O5/c17-12-8-5-7(15(18)19)6-9(16(20)21)11(8)14(12)10-3-1-2-4-13-10/h1-6H. The predicted molar refractivity (Wildman–Crippen MR) is 70.5 cm³/mol. The number of rotatable bonds is 3. The van der Waals surface area contributed by atoms with Gasteiger partial charge in [-0.3, -0.25) is 29.9 Å². The maximum absolute atomic E-state index is 12.0. The summed E-state index contributed by atoms with van der Waals surface area (Å²) < 4.78 is 0. The number of non-ortho nitro benzene ring substituents is 1. The lowest BCUT2D eigenvalue weighted by molar-refractivity contribution is -0.393. The molecule has 0 radical (unpaired) electrons. The third kappa shape index (κ3) is 1.79. The van der Waals surface area contributed by atoms with E-state index in [9.17, 15) is 25.0 Å². The lowest BCUT2D eigenvalue weighted by Crippen LogP contribution is -2.38. The van der Waals surface area contributed by atoms with Crippen molar-refractivity contribution >= 4 is 28.8 Å². The van der Waals surface area contributed by atoms with Crippen LogP contribution in [-0.4, -0.2) is 20.7 Å². The molecule has 21 heavy (non-hydrogen) atoms. The zero-order chi connectivity index (χ0) is 15.1. The molecule has 9 heteroatoms. The van der Waals surface area contributed by atoms with E-state index in [2.05, 4.69) is 4.98 Å². The zero-order valence-corrected chi connectivity index (χ0v) is 10.3. The number of hydrogen-bond acceptors (Lipinski definition) is 6. The Hall–Kier alpha value is -3.36. The Balaban J connectivity index is 2.20. The van der Waals surface area contributed by atoms with Crippen LogP contribution in [0.15, 0.2) is 36.5 Å². The monoisotopic (exact) mass is 286 g/mol. The van der Waals surface area contributed by atoms with Crippen LogP contribution in [0.4, 0.5) is 22.9 Å². The fourth-order valence-electron chi connectivity index (χ4n) is 2.12. The summed E-state index contributed by atoms with van der Waals surface area (Å²) in [6.07, 6.45) is 1.44. The molecule has 104 valence electrons. The van der Waals surface area contributed by atoms with E-state index in [0.717, 1.165) is 17.0 Å². The molecule has 0 saturated carbocycles. The maximum atomic E-state index is 12.0. The third-order valence-electron chi connectivity index (χ3n) is 3.02. The van der Waals surface area contributed by atoms with Crippen molar-refractivity contribution in [2.24, 2.45) is 0 Å². The smallest absolute Gasteiger partial charge is 0.268 e. The van der Waals surface area contributed by atoms with Gasteiger partial charge in [-0.2, -0.15) is 0 Å². The Morgan fingerprint density at radius 2 is 1.86 bits per heavy atom. The van der Waals surface area contributed by atoms with Crippen LogP contribution in [0.5, 0.6) is 0 Å². The Morgan fingerprint density at radius 3 is 2.43 bits per heavy atom. The van der Waals surface area contributed by atoms with E-state index in [1.165, 1.54) is 12.3 Å². The summed E-state index contributed by atoms with van der Waals surface area (Å²) in [5, 5.41) is 21.9. The van der Waals surface area contributed by atoms with E-state index in [0.29, 0.717) is 0 Å². The number of carbonyl (C=O) groups excluding carboxylic acids is 1. The number of fused-ring (bicyclic) bond motifs is 1. The molecule has 1 amide bonds. The van der Waals surface area contributed by atoms with Gasteiger partial charge in [0.1, 0.15) is 11.5 Å². The van der Waals surface area contributed by atoms with Gasteiger partial charge in [0.15, 0.2) is 0 Å². The topological polar surface area (TPSA) is 119 Å². The molecule has 0 spiro atoms. The Morgan fingerprint density at radius 1 is 1.10 bits per heavy atom. The molecule has 1 aromatic carbocycles. The summed E-state index contributed by atoms with van der Waals surface area (Å²) in [6.45, 7) is 0. The van der Waals surface area contributed by atoms with Gasteiger partial charge >= 0.3 is 5.69 Å². The van der Waals surface area contributed by atoms with Crippen LogP contribution >= 0.6 is 0 Å². The first kappa shape index (κ1) is 12.7. The number of carbonyl (C=O) groups is 1. The first-order valence-electron chi connectivity index (χ1n) is 5.73. The van der Waals surface area contributed by atoms with Gasteiger partial charge in [-0.1, -0.05) is 6.07 Å². The van der Waals surface area contributed by atoms with Crippen molar-refractivity contribution in [2.75, 3.05) is 4.90 Å². The Labute approximate surface area is 116 Å². The van der Waals surface area contributed by atoms with Crippen LogP contribution in [0.3, 0.4) is 0 Å². The zero-order valence-electron chi connectivity index (χ0n) is 10.3. The van der Waals surface area contributed by atoms with E-state index in [-0.39, 0.29) is 17.1 Å². The van der Waals surface area contributed by atoms with E-state index in [1.54, 1.807) is 12.1 Å². The normalized spacial score (nSPS) is 12.6. The molecule has 0 saturated heterocycles. The number of benzene rings is 1. The Bertz CT molecular complexity index is 790. The molecule has 1 aliphatic rings. The molecule has 0 unspecified atom stereocenters. The van der Waals surface area contributed by atoms with Crippen LogP contribution in [0.25, 0.3) is 0 Å². The van der Waals surface area contributed by atoms with Gasteiger partial charge in [0.2, 0.25) is 0 Å². The second-order valence-corrected chi connectivity index (χ2v) is 4.20. The second-order valence-electron chi connectivity index (χ2n) is 4.20. The molecule has 1 aromatic heterocycles. The molecule has 1 aliphatic heterocycles. The molecule has 2 heterocycles. The number of amides is 1. The first-order chi connectivity index (χ1) is 10.0. The van der Waals surface area contributed by atoms with Gasteiger partial charge in [0, 0.05) is 12.3 Å². The summed E-state index contributed by atoms with van der Waals surface area (Å²) >= 11 is 0. The van der Waals surface area contributed by atoms with Gasteiger partial charge in [-0.25, -0.2) is 4.98 Å². The van der Waals surface area contributed by atoms with Crippen LogP contribution in [0.2, 0.25) is 0 Å². The highest BCUT2D eigenvalue weighted by atomic mass is 16.6. The number of nitrogens with zero attached hydrogens (tertiary/aromatic N) is 4. The average molecular weight is 286 g/mol. The van der Waals surface area contributed by atoms with Gasteiger partial charge in [-0.15, -0.1) is 0 Å². The molecule has 0 atom stereocenters. The molecule has 0 fully saturated rings. The number of hydrogen-bond donors (Lipinski definition) is 0. The fourth-order valence-corrected chi connectivity index (χ4v) is 2.12. The first-order valence-corrected chi connectivity index (χ1v) is 5.73. The maximum Gasteiger partial charge on any atom is 0.301 e. The van der Waals surface area contributed by atoms with Gasteiger partial charge in [0.25, 0.3) is 11.6 Å². The van der Waals surface area contributed by atoms with Crippen molar-refractivity contribution in [1.29, 1.82) is 0 Å². The summed E-state index contributed by atoms with van der Waals surface area (Å²) in [4.78, 5) is 37.4. The summed E-state index contributed by atoms with van der Waals surface area (Å²) in [6, 6.07) is 6.65. The number of nitro benzene ring substituents is 2. The van der Waals surface area contributed by atoms with Crippen molar-refractivity contribution in [3.8, 4) is 0 Å². The number of pyridine rings is 1. The predicted octanol–water partition coefficient (Wildman–Crippen LogP) is 2.19. The van der Waals surface area contributed by atoms with E-state index in [1.807, 2.05) is 0 Å². The lowest BCUT2D eigenvalue weighted by atomic mass is 9.99. The highest BCUT2D eigenvalue weighted by Gasteiger charge is 2.43. The fraction of sp³-hybridized carbons (Fsp3) is 0. The van der Waals surface area contributed by atoms with Crippen molar-refractivity contribution in [3.05, 3.63) is 62.3 Å². The largest absolute Gasteiger partial charge is 0.301 e. The summed E-state index contributed by atoms with van der Waals surface area (Å²) in [5.74, 6) is -0.331. The minimum absolute atomic E-state index is 0.0225. The molecular formula is C12H6N4O5. The Kier molecular flexibility index (Phi) is 2.61. The summed E-state index contributed by atoms with van der Waals surface area (Å²) in [7, 11) is 0. The van der Waals surface area contributed by atoms with Gasteiger partial charge < -0.3 is 0 Å². The molecule has 9 nitrogen and oxygen atoms in total. The number of nitro groups is 2. The number of aromatic nitrogens is 1. The minimum atomic E-state index is -0.774. The van der Waals surface area contributed by atoms with Crippen LogP contribution < -0.4 is 4.90 Å². The van der Waals surface area contributed by atoms with E-state index in [4.69, 9.17) is 0 Å². The van der Waals surface area contributed by atoms with Crippen LogP contribution in [0, 0.1) is 20.2 Å². The molecule has 2 aromatic rings. The van der Waals surface area contributed by atoms with Crippen LogP contribution in [-0.2, 0) is 0 Å². The summed E-state index contributed by atoms with van der Waals surface area (Å²) in [5.41, 5.74) is -1.02. The molecule has 0 bridgehead atoms. The van der Waals surface area contributed by atoms with Crippen molar-refractivity contribution in [3.63, 3.8) is 0 Å². The molecular weight excluding hydrogens is 280 g/mol. The van der Waals surface area contributed by atoms with Crippen molar-refractivity contribution in [2.45, 2.75) is 0 Å². The lowest BCUT2D eigenvalue weighted by Gasteiger charge is -2.31. The van der Waals surface area contributed by atoms with E-state index >= 15 is 0 Å². The third-order valence-corrected chi connectivity index (χ3v) is 3.02.